The van der Waals surface area contributed by atoms with E-state index in [1.165, 1.54) is 12.5 Å². The van der Waals surface area contributed by atoms with Crippen molar-refractivity contribution < 1.29 is 9.53 Å². The summed E-state index contributed by atoms with van der Waals surface area (Å²) in [5.74, 6) is 0.341. The lowest BCUT2D eigenvalue weighted by Gasteiger charge is -2.34. The Balaban J connectivity index is 0.00000200. The summed E-state index contributed by atoms with van der Waals surface area (Å²) in [5.41, 5.74) is 1.29. The summed E-state index contributed by atoms with van der Waals surface area (Å²) < 4.78 is 5.07. The Kier molecular flexibility index (Phi) is 9.62. The van der Waals surface area contributed by atoms with Gasteiger partial charge in [0.15, 0.2) is 0 Å². The quantitative estimate of drug-likeness (QED) is 0.679. The first-order valence-electron chi connectivity index (χ1n) is 6.94. The van der Waals surface area contributed by atoms with Crippen LogP contribution in [0.1, 0.15) is 31.9 Å². The Labute approximate surface area is 139 Å². The third-order valence-corrected chi connectivity index (χ3v) is 3.51. The number of piperazine rings is 1. The van der Waals surface area contributed by atoms with Crippen LogP contribution < -0.4 is 10.1 Å². The van der Waals surface area contributed by atoms with E-state index < -0.39 is 0 Å². The summed E-state index contributed by atoms with van der Waals surface area (Å²) in [6.07, 6.45) is 1.09. The molecular weight excluding hydrogens is 311 g/mol. The zero-order chi connectivity index (χ0) is 13.7. The van der Waals surface area contributed by atoms with Crippen molar-refractivity contribution in [2.45, 2.75) is 26.3 Å². The van der Waals surface area contributed by atoms with Crippen molar-refractivity contribution in [1.29, 1.82) is 0 Å². The van der Waals surface area contributed by atoms with E-state index in [2.05, 4.69) is 29.3 Å². The molecule has 1 N–H and O–H groups in total. The number of hydrogen-bond donors (Lipinski definition) is 1. The van der Waals surface area contributed by atoms with Gasteiger partial charge in [-0.05, 0) is 24.1 Å². The van der Waals surface area contributed by atoms with Crippen LogP contribution in [0.3, 0.4) is 0 Å². The number of halogens is 2. The number of carbonyl (C=O) groups excluding carboxylic acids is 1. The van der Waals surface area contributed by atoms with Crippen LogP contribution in [0.25, 0.3) is 0 Å². The number of esters is 1. The summed E-state index contributed by atoms with van der Waals surface area (Å²) in [6, 6.07) is 8.33. The molecule has 0 radical (unpaired) electrons. The fraction of sp³-hybridized carbons (Fsp3) is 0.533. The molecule has 0 saturated carbocycles. The Morgan fingerprint density at radius 3 is 2.29 bits per heavy atom. The number of carbonyl (C=O) groups is 1. The molecule has 1 heterocycles. The van der Waals surface area contributed by atoms with Gasteiger partial charge in [0.1, 0.15) is 5.75 Å². The molecule has 1 aromatic carbocycles. The monoisotopic (exact) mass is 334 g/mol. The molecule has 1 aromatic rings. The van der Waals surface area contributed by atoms with Crippen molar-refractivity contribution in [2.24, 2.45) is 0 Å². The lowest BCUT2D eigenvalue weighted by atomic mass is 10.0. The highest BCUT2D eigenvalue weighted by atomic mass is 35.5. The third kappa shape index (κ3) is 5.83. The van der Waals surface area contributed by atoms with Gasteiger partial charge in [0.05, 0.1) is 0 Å². The summed E-state index contributed by atoms with van der Waals surface area (Å²) in [5, 5.41) is 3.38. The van der Waals surface area contributed by atoms with Gasteiger partial charge in [0.2, 0.25) is 0 Å². The highest BCUT2D eigenvalue weighted by Crippen LogP contribution is 2.26. The fourth-order valence-electron chi connectivity index (χ4n) is 2.62. The average molecular weight is 335 g/mol. The molecule has 0 unspecified atom stereocenters. The molecule has 0 spiro atoms. The van der Waals surface area contributed by atoms with Crippen LogP contribution in [0.5, 0.6) is 5.75 Å². The average Bonchev–Trinajstić information content (AvgIpc) is 2.42. The second-order valence-electron chi connectivity index (χ2n) is 4.87. The lowest BCUT2D eigenvalue weighted by Crippen LogP contribution is -2.45. The fourth-order valence-corrected chi connectivity index (χ4v) is 2.62. The van der Waals surface area contributed by atoms with E-state index in [9.17, 15) is 4.79 Å². The molecule has 0 aromatic heterocycles. The zero-order valence-electron chi connectivity index (χ0n) is 12.5. The van der Waals surface area contributed by atoms with Crippen molar-refractivity contribution in [3.05, 3.63) is 29.8 Å². The van der Waals surface area contributed by atoms with Crippen molar-refractivity contribution in [2.75, 3.05) is 26.2 Å². The smallest absolute Gasteiger partial charge is 0.308 e. The molecule has 21 heavy (non-hydrogen) atoms. The molecule has 4 nitrogen and oxygen atoms in total. The van der Waals surface area contributed by atoms with E-state index in [0.29, 0.717) is 11.8 Å². The molecular formula is C15H24Cl2N2O2. The van der Waals surface area contributed by atoms with Crippen molar-refractivity contribution in [3.63, 3.8) is 0 Å². The Morgan fingerprint density at radius 2 is 1.81 bits per heavy atom. The van der Waals surface area contributed by atoms with Crippen LogP contribution in [0.15, 0.2) is 24.3 Å². The van der Waals surface area contributed by atoms with Gasteiger partial charge in [-0.1, -0.05) is 19.1 Å². The van der Waals surface area contributed by atoms with Crippen LogP contribution in [-0.2, 0) is 4.79 Å². The molecule has 2 rings (SSSR count). The van der Waals surface area contributed by atoms with Gasteiger partial charge < -0.3 is 10.1 Å². The van der Waals surface area contributed by atoms with Gasteiger partial charge in [-0.25, -0.2) is 0 Å². The maximum absolute atomic E-state index is 10.9. The minimum atomic E-state index is -0.276. The molecule has 1 aliphatic rings. The van der Waals surface area contributed by atoms with E-state index >= 15 is 0 Å². The van der Waals surface area contributed by atoms with E-state index in [1.807, 2.05) is 12.1 Å². The molecule has 1 aliphatic heterocycles. The number of nitrogens with one attached hydrogen (secondary N) is 1. The first-order chi connectivity index (χ1) is 9.20. The van der Waals surface area contributed by atoms with Crippen LogP contribution in [0.4, 0.5) is 0 Å². The van der Waals surface area contributed by atoms with E-state index in [0.717, 1.165) is 32.6 Å². The SMILES string of the molecule is CC[C@@H](c1ccc(OC(C)=O)cc1)N1CCNCC1.Cl.Cl. The molecule has 1 fully saturated rings. The van der Waals surface area contributed by atoms with Crippen molar-refractivity contribution in [3.8, 4) is 5.75 Å². The zero-order valence-corrected chi connectivity index (χ0v) is 14.1. The highest BCUT2D eigenvalue weighted by Gasteiger charge is 2.20. The summed E-state index contributed by atoms with van der Waals surface area (Å²) in [7, 11) is 0. The maximum Gasteiger partial charge on any atom is 0.308 e. The molecule has 0 aliphatic carbocycles. The summed E-state index contributed by atoms with van der Waals surface area (Å²) >= 11 is 0. The van der Waals surface area contributed by atoms with Crippen LogP contribution in [0, 0.1) is 0 Å². The van der Waals surface area contributed by atoms with Crippen molar-refractivity contribution in [1.82, 2.24) is 10.2 Å². The largest absolute Gasteiger partial charge is 0.427 e. The number of ether oxygens (including phenoxy) is 1. The Morgan fingerprint density at radius 1 is 1.24 bits per heavy atom. The summed E-state index contributed by atoms with van der Waals surface area (Å²) in [4.78, 5) is 13.4. The highest BCUT2D eigenvalue weighted by molar-refractivity contribution is 5.85. The Hall–Kier alpha value is -0.810. The van der Waals surface area contributed by atoms with Gasteiger partial charge in [0, 0.05) is 39.1 Å². The third-order valence-electron chi connectivity index (χ3n) is 3.51. The molecule has 0 amide bonds. The van der Waals surface area contributed by atoms with Gasteiger partial charge in [0.25, 0.3) is 0 Å². The number of hydrogen-bond acceptors (Lipinski definition) is 4. The van der Waals surface area contributed by atoms with E-state index in [4.69, 9.17) is 4.74 Å². The molecule has 1 saturated heterocycles. The Bertz CT molecular complexity index is 420. The lowest BCUT2D eigenvalue weighted by molar-refractivity contribution is -0.131. The molecule has 120 valence electrons. The number of rotatable bonds is 4. The van der Waals surface area contributed by atoms with Gasteiger partial charge in [-0.3, -0.25) is 9.69 Å². The second-order valence-corrected chi connectivity index (χ2v) is 4.87. The second kappa shape index (κ2) is 10.0. The standard InChI is InChI=1S/C15H22N2O2.2ClH/c1-3-15(17-10-8-16-9-11-17)13-4-6-14(7-5-13)19-12(2)18;;/h4-7,15-16H,3,8-11H2,1-2H3;2*1H/t15-;;/m0../s1. The van der Waals surface area contributed by atoms with Gasteiger partial charge in [-0.15, -0.1) is 24.8 Å². The van der Waals surface area contributed by atoms with Crippen LogP contribution in [-0.4, -0.2) is 37.0 Å². The van der Waals surface area contributed by atoms with E-state index in [1.54, 1.807) is 0 Å². The van der Waals surface area contributed by atoms with Crippen molar-refractivity contribution >= 4 is 30.8 Å². The first-order valence-corrected chi connectivity index (χ1v) is 6.94. The predicted octanol–water partition coefficient (Wildman–Crippen LogP) is 2.81. The van der Waals surface area contributed by atoms with E-state index in [-0.39, 0.29) is 30.8 Å². The normalized spacial score (nSPS) is 16.3. The minimum Gasteiger partial charge on any atom is -0.427 e. The minimum absolute atomic E-state index is 0. The molecule has 1 atom stereocenters. The number of benzene rings is 1. The summed E-state index contributed by atoms with van der Waals surface area (Å²) in [6.45, 7) is 7.93. The van der Waals surface area contributed by atoms with Gasteiger partial charge in [-0.2, -0.15) is 0 Å². The molecule has 0 bridgehead atoms. The predicted molar refractivity (Wildman–Crippen MR) is 89.7 cm³/mol. The van der Waals surface area contributed by atoms with Crippen LogP contribution in [0.2, 0.25) is 0 Å². The van der Waals surface area contributed by atoms with Gasteiger partial charge >= 0.3 is 5.97 Å². The first kappa shape index (κ1) is 20.2. The maximum atomic E-state index is 10.9. The molecule has 6 heteroatoms. The number of nitrogens with zero attached hydrogens (tertiary/aromatic N) is 1. The topological polar surface area (TPSA) is 41.6 Å². The van der Waals surface area contributed by atoms with Crippen LogP contribution >= 0.6 is 24.8 Å².